The van der Waals surface area contributed by atoms with Crippen LogP contribution in [-0.2, 0) is 22.1 Å². The van der Waals surface area contributed by atoms with E-state index in [0.29, 0.717) is 22.1 Å². The monoisotopic (exact) mass is 435 g/mol. The number of aromatic nitrogens is 1. The predicted molar refractivity (Wildman–Crippen MR) is 107 cm³/mol. The van der Waals surface area contributed by atoms with Gasteiger partial charge in [0.15, 0.2) is 5.13 Å². The fraction of sp³-hybridized carbons (Fsp3) is 0.150. The normalized spacial score (nSPS) is 11.1. The Hall–Kier alpha value is -3.40. The number of carbonyl (C=O) groups excluding carboxylic acids is 2. The van der Waals surface area contributed by atoms with E-state index < -0.39 is 17.7 Å². The van der Waals surface area contributed by atoms with Crippen molar-refractivity contribution in [2.24, 2.45) is 0 Å². The number of benzene rings is 2. The molecule has 0 aliphatic heterocycles. The van der Waals surface area contributed by atoms with Gasteiger partial charge in [-0.2, -0.15) is 13.2 Å². The van der Waals surface area contributed by atoms with Crippen LogP contribution in [0.4, 0.5) is 29.7 Å². The largest absolute Gasteiger partial charge is 0.465 e. The van der Waals surface area contributed by atoms with Crippen LogP contribution in [0.25, 0.3) is 0 Å². The second-order valence-corrected chi connectivity index (χ2v) is 7.00. The Morgan fingerprint density at radius 2 is 1.83 bits per heavy atom. The summed E-state index contributed by atoms with van der Waals surface area (Å²) >= 11 is 1.18. The van der Waals surface area contributed by atoms with Gasteiger partial charge in [-0.05, 0) is 42.5 Å². The maximum Gasteiger partial charge on any atom is 0.416 e. The molecule has 30 heavy (non-hydrogen) atoms. The fourth-order valence-electron chi connectivity index (χ4n) is 2.52. The summed E-state index contributed by atoms with van der Waals surface area (Å²) < 4.78 is 43.0. The third kappa shape index (κ3) is 5.57. The van der Waals surface area contributed by atoms with Crippen LogP contribution in [0.15, 0.2) is 53.9 Å². The summed E-state index contributed by atoms with van der Waals surface area (Å²) in [6, 6.07) is 11.0. The summed E-state index contributed by atoms with van der Waals surface area (Å²) in [5.74, 6) is -0.798. The zero-order chi connectivity index (χ0) is 21.7. The minimum absolute atomic E-state index is 0.0144. The Bertz CT molecular complexity index is 1050. The second-order valence-electron chi connectivity index (χ2n) is 6.14. The summed E-state index contributed by atoms with van der Waals surface area (Å²) in [5, 5.41) is 7.52. The molecule has 0 atom stereocenters. The highest BCUT2D eigenvalue weighted by Crippen LogP contribution is 2.31. The lowest BCUT2D eigenvalue weighted by Crippen LogP contribution is -2.14. The van der Waals surface area contributed by atoms with E-state index in [1.54, 1.807) is 17.5 Å². The topological polar surface area (TPSA) is 80.3 Å². The summed E-state index contributed by atoms with van der Waals surface area (Å²) in [4.78, 5) is 27.8. The van der Waals surface area contributed by atoms with Crippen LogP contribution in [0, 0.1) is 0 Å². The van der Waals surface area contributed by atoms with Crippen LogP contribution >= 0.6 is 11.3 Å². The van der Waals surface area contributed by atoms with Gasteiger partial charge in [-0.3, -0.25) is 4.79 Å². The van der Waals surface area contributed by atoms with Gasteiger partial charge in [0.1, 0.15) is 0 Å². The molecular formula is C20H16F3N3O3S. The number of hydrogen-bond acceptors (Lipinski definition) is 6. The smallest absolute Gasteiger partial charge is 0.416 e. The first kappa shape index (κ1) is 21.3. The molecular weight excluding hydrogens is 419 g/mol. The van der Waals surface area contributed by atoms with Crippen molar-refractivity contribution < 1.29 is 27.5 Å². The number of halogens is 3. The molecule has 0 aliphatic carbocycles. The second kappa shape index (κ2) is 8.95. The van der Waals surface area contributed by atoms with Gasteiger partial charge >= 0.3 is 12.1 Å². The quantitative estimate of drug-likeness (QED) is 0.540. The van der Waals surface area contributed by atoms with E-state index in [-0.39, 0.29) is 18.0 Å². The Kier molecular flexibility index (Phi) is 6.36. The average molecular weight is 435 g/mol. The number of thiazole rings is 1. The molecule has 0 fully saturated rings. The molecule has 3 rings (SSSR count). The lowest BCUT2D eigenvalue weighted by molar-refractivity contribution is -0.137. The lowest BCUT2D eigenvalue weighted by Gasteiger charge is -2.09. The molecule has 0 radical (unpaired) electrons. The first-order chi connectivity index (χ1) is 14.2. The molecule has 2 aromatic carbocycles. The highest BCUT2D eigenvalue weighted by molar-refractivity contribution is 7.13. The standard InChI is InChI=1S/C20H16F3N3O3S/c1-29-18(28)12-5-7-14(8-6-12)24-17(27)10-16-11-30-19(26-16)25-15-4-2-3-13(9-15)20(21,22)23/h2-9,11H,10H2,1H3,(H,24,27)(H,25,26). The number of anilines is 3. The molecule has 10 heteroatoms. The van der Waals surface area contributed by atoms with Crippen molar-refractivity contribution in [1.82, 2.24) is 4.98 Å². The van der Waals surface area contributed by atoms with E-state index in [1.807, 2.05) is 0 Å². The van der Waals surface area contributed by atoms with Crippen molar-refractivity contribution in [3.05, 3.63) is 70.7 Å². The molecule has 2 N–H and O–H groups in total. The first-order valence-corrected chi connectivity index (χ1v) is 9.49. The lowest BCUT2D eigenvalue weighted by atomic mass is 10.2. The van der Waals surface area contributed by atoms with Crippen LogP contribution < -0.4 is 10.6 Å². The number of carbonyl (C=O) groups is 2. The van der Waals surface area contributed by atoms with Crippen molar-refractivity contribution in [2.45, 2.75) is 12.6 Å². The molecule has 0 saturated carbocycles. The van der Waals surface area contributed by atoms with Gasteiger partial charge in [-0.25, -0.2) is 9.78 Å². The highest BCUT2D eigenvalue weighted by atomic mass is 32.1. The fourth-order valence-corrected chi connectivity index (χ4v) is 3.25. The van der Waals surface area contributed by atoms with Gasteiger partial charge < -0.3 is 15.4 Å². The Morgan fingerprint density at radius 1 is 1.10 bits per heavy atom. The number of rotatable bonds is 6. The molecule has 0 unspecified atom stereocenters. The number of hydrogen-bond donors (Lipinski definition) is 2. The molecule has 0 bridgehead atoms. The van der Waals surface area contributed by atoms with E-state index in [9.17, 15) is 22.8 Å². The van der Waals surface area contributed by atoms with Crippen molar-refractivity contribution in [3.63, 3.8) is 0 Å². The van der Waals surface area contributed by atoms with Crippen LogP contribution in [0.5, 0.6) is 0 Å². The Morgan fingerprint density at radius 3 is 2.50 bits per heavy atom. The number of amides is 1. The van der Waals surface area contributed by atoms with Crippen LogP contribution in [0.1, 0.15) is 21.6 Å². The van der Waals surface area contributed by atoms with E-state index >= 15 is 0 Å². The highest BCUT2D eigenvalue weighted by Gasteiger charge is 2.30. The van der Waals surface area contributed by atoms with Crippen molar-refractivity contribution >= 4 is 39.7 Å². The van der Waals surface area contributed by atoms with Gasteiger partial charge in [-0.15, -0.1) is 11.3 Å². The minimum Gasteiger partial charge on any atom is -0.465 e. The Labute approximate surface area is 173 Å². The Balaban J connectivity index is 1.59. The number of nitrogens with zero attached hydrogens (tertiary/aromatic N) is 1. The third-order valence-electron chi connectivity index (χ3n) is 3.92. The van der Waals surface area contributed by atoms with E-state index in [2.05, 4.69) is 20.4 Å². The zero-order valence-corrected chi connectivity index (χ0v) is 16.4. The molecule has 0 saturated heterocycles. The summed E-state index contributed by atoms with van der Waals surface area (Å²) in [6.45, 7) is 0. The van der Waals surface area contributed by atoms with E-state index in [1.165, 1.54) is 42.7 Å². The molecule has 0 spiro atoms. The molecule has 6 nitrogen and oxygen atoms in total. The summed E-state index contributed by atoms with van der Waals surface area (Å²) in [5.41, 5.74) is 0.825. The van der Waals surface area contributed by atoms with Crippen LogP contribution in [-0.4, -0.2) is 24.0 Å². The molecule has 1 aromatic heterocycles. The first-order valence-electron chi connectivity index (χ1n) is 8.61. The van der Waals surface area contributed by atoms with Crippen LogP contribution in [0.2, 0.25) is 0 Å². The maximum absolute atomic E-state index is 12.8. The third-order valence-corrected chi connectivity index (χ3v) is 4.73. The predicted octanol–water partition coefficient (Wildman–Crippen LogP) is 4.87. The summed E-state index contributed by atoms with van der Waals surface area (Å²) in [6.07, 6.45) is -4.45. The zero-order valence-electron chi connectivity index (χ0n) is 15.6. The summed E-state index contributed by atoms with van der Waals surface area (Å²) in [7, 11) is 1.28. The minimum atomic E-state index is -4.43. The number of alkyl halides is 3. The van der Waals surface area contributed by atoms with Gasteiger partial charge in [0.2, 0.25) is 5.91 Å². The SMILES string of the molecule is COC(=O)c1ccc(NC(=O)Cc2csc(Nc3cccc(C(F)(F)F)c3)n2)cc1. The number of nitrogens with one attached hydrogen (secondary N) is 2. The van der Waals surface area contributed by atoms with Crippen molar-refractivity contribution in [2.75, 3.05) is 17.7 Å². The van der Waals surface area contributed by atoms with Crippen molar-refractivity contribution in [1.29, 1.82) is 0 Å². The number of ether oxygens (including phenoxy) is 1. The maximum atomic E-state index is 12.8. The van der Waals surface area contributed by atoms with Gasteiger partial charge in [0.05, 0.1) is 30.4 Å². The van der Waals surface area contributed by atoms with Gasteiger partial charge in [0, 0.05) is 16.8 Å². The molecule has 1 heterocycles. The van der Waals surface area contributed by atoms with E-state index in [0.717, 1.165) is 12.1 Å². The molecule has 0 aliphatic rings. The van der Waals surface area contributed by atoms with Crippen molar-refractivity contribution in [3.8, 4) is 0 Å². The molecule has 1 amide bonds. The van der Waals surface area contributed by atoms with Gasteiger partial charge in [-0.1, -0.05) is 6.07 Å². The molecule has 156 valence electrons. The van der Waals surface area contributed by atoms with Crippen LogP contribution in [0.3, 0.4) is 0 Å². The average Bonchev–Trinajstić information content (AvgIpc) is 3.14. The molecule has 3 aromatic rings. The number of methoxy groups -OCH3 is 1. The number of esters is 1. The van der Waals surface area contributed by atoms with E-state index in [4.69, 9.17) is 0 Å². The van der Waals surface area contributed by atoms with Gasteiger partial charge in [0.25, 0.3) is 0 Å².